The molecule has 0 bridgehead atoms. The molecule has 1 aromatic heterocycles. The van der Waals surface area contributed by atoms with E-state index in [1.807, 2.05) is 0 Å². The molecule has 0 unspecified atom stereocenters. The van der Waals surface area contributed by atoms with Crippen LogP contribution in [0.1, 0.15) is 6.42 Å². The molecule has 1 aromatic rings. The van der Waals surface area contributed by atoms with Crippen LogP contribution in [0, 0.1) is 0 Å². The number of hydrazine groups is 1. The molecule has 104 valence electrons. The second-order valence-electron chi connectivity index (χ2n) is 4.00. The summed E-state index contributed by atoms with van der Waals surface area (Å²) in [7, 11) is -3.72. The molecule has 0 spiro atoms. The summed E-state index contributed by atoms with van der Waals surface area (Å²) in [5.74, 6) is 5.20. The molecule has 19 heavy (non-hydrogen) atoms. The van der Waals surface area contributed by atoms with Crippen LogP contribution in [0.25, 0.3) is 0 Å². The van der Waals surface area contributed by atoms with E-state index in [0.29, 0.717) is 6.54 Å². The fourth-order valence-corrected chi connectivity index (χ4v) is 3.38. The number of rotatable bonds is 3. The summed E-state index contributed by atoms with van der Waals surface area (Å²) in [6.45, 7) is 0.670. The predicted molar refractivity (Wildman–Crippen MR) is 68.4 cm³/mol. The normalized spacial score (nSPS) is 17.6. The maximum atomic E-state index is 12.5. The first-order chi connectivity index (χ1) is 9.05. The maximum Gasteiger partial charge on any atom is 0.246 e. The number of nitrogen functional groups attached to an aromatic ring is 1. The zero-order valence-electron chi connectivity index (χ0n) is 10.2. The Morgan fingerprint density at radius 1 is 1.42 bits per heavy atom. The summed E-state index contributed by atoms with van der Waals surface area (Å²) >= 11 is 0. The monoisotopic (exact) mass is 285 g/mol. The highest BCUT2D eigenvalue weighted by atomic mass is 32.2. The zero-order valence-corrected chi connectivity index (χ0v) is 11.0. The van der Waals surface area contributed by atoms with Crippen molar-refractivity contribution >= 4 is 21.7 Å². The molecule has 2 heterocycles. The summed E-state index contributed by atoms with van der Waals surface area (Å²) < 4.78 is 26.2. The lowest BCUT2D eigenvalue weighted by atomic mass is 10.4. The molecule has 0 atom stereocenters. The van der Waals surface area contributed by atoms with Gasteiger partial charge in [0.2, 0.25) is 15.9 Å². The molecular formula is C10H15N5O3S. The number of nitrogens with two attached hydrogens (primary N) is 1. The van der Waals surface area contributed by atoms with Crippen molar-refractivity contribution in [1.29, 1.82) is 0 Å². The molecule has 0 saturated carbocycles. The third-order valence-corrected chi connectivity index (χ3v) is 4.73. The lowest BCUT2D eigenvalue weighted by molar-refractivity contribution is -0.120. The molecular weight excluding hydrogens is 270 g/mol. The van der Waals surface area contributed by atoms with E-state index < -0.39 is 10.0 Å². The number of amides is 1. The SMILES string of the molecule is NNc1ncccc1S(=O)(=O)N1CCNC(=O)CC1. The average Bonchev–Trinajstić information content (AvgIpc) is 2.64. The van der Waals surface area contributed by atoms with Crippen LogP contribution in [-0.2, 0) is 14.8 Å². The molecule has 1 amide bonds. The number of aromatic nitrogens is 1. The summed E-state index contributed by atoms with van der Waals surface area (Å²) in [6, 6.07) is 2.95. The Balaban J connectivity index is 2.33. The minimum Gasteiger partial charge on any atom is -0.355 e. The standard InChI is InChI=1S/C10H15N5O3S/c11-14-10-8(2-1-4-13-10)19(17,18)15-6-3-9(16)12-5-7-15/h1-2,4H,3,5-7,11H2,(H,12,16)(H,13,14). The Labute approximate surface area is 111 Å². The van der Waals surface area contributed by atoms with Gasteiger partial charge in [-0.3, -0.25) is 4.79 Å². The molecule has 9 heteroatoms. The first-order valence-electron chi connectivity index (χ1n) is 5.74. The first-order valence-corrected chi connectivity index (χ1v) is 7.18. The Bertz CT molecular complexity index is 574. The van der Waals surface area contributed by atoms with Crippen LogP contribution in [0.3, 0.4) is 0 Å². The third-order valence-electron chi connectivity index (χ3n) is 2.80. The van der Waals surface area contributed by atoms with Crippen LogP contribution >= 0.6 is 0 Å². The van der Waals surface area contributed by atoms with Crippen LogP contribution in [0.4, 0.5) is 5.82 Å². The third kappa shape index (κ3) is 2.83. The van der Waals surface area contributed by atoms with E-state index in [0.717, 1.165) is 0 Å². The quantitative estimate of drug-likeness (QED) is 0.478. The van der Waals surface area contributed by atoms with Gasteiger partial charge in [-0.25, -0.2) is 19.2 Å². The number of sulfonamides is 1. The smallest absolute Gasteiger partial charge is 0.246 e. The van der Waals surface area contributed by atoms with Crippen molar-refractivity contribution in [3.63, 3.8) is 0 Å². The number of nitrogens with zero attached hydrogens (tertiary/aromatic N) is 2. The lowest BCUT2D eigenvalue weighted by Crippen LogP contribution is -2.35. The van der Waals surface area contributed by atoms with Gasteiger partial charge in [0.25, 0.3) is 0 Å². The second-order valence-corrected chi connectivity index (χ2v) is 5.90. The van der Waals surface area contributed by atoms with Crippen molar-refractivity contribution in [1.82, 2.24) is 14.6 Å². The van der Waals surface area contributed by atoms with Gasteiger partial charge in [0.15, 0.2) is 5.82 Å². The van der Waals surface area contributed by atoms with Crippen molar-refractivity contribution in [3.8, 4) is 0 Å². The van der Waals surface area contributed by atoms with E-state index in [1.165, 1.54) is 22.6 Å². The highest BCUT2D eigenvalue weighted by Crippen LogP contribution is 2.22. The van der Waals surface area contributed by atoms with Crippen LogP contribution < -0.4 is 16.6 Å². The molecule has 0 aliphatic carbocycles. The molecule has 2 rings (SSSR count). The Morgan fingerprint density at radius 3 is 2.95 bits per heavy atom. The van der Waals surface area contributed by atoms with Gasteiger partial charge in [-0.05, 0) is 12.1 Å². The molecule has 1 aliphatic heterocycles. The van der Waals surface area contributed by atoms with Gasteiger partial charge in [-0.1, -0.05) is 0 Å². The van der Waals surface area contributed by atoms with Gasteiger partial charge >= 0.3 is 0 Å². The zero-order chi connectivity index (χ0) is 13.9. The van der Waals surface area contributed by atoms with Gasteiger partial charge in [0.1, 0.15) is 4.90 Å². The number of carbonyl (C=O) groups excluding carboxylic acids is 1. The van der Waals surface area contributed by atoms with E-state index in [2.05, 4.69) is 15.7 Å². The number of anilines is 1. The predicted octanol–water partition coefficient (Wildman–Crippen LogP) is -1.12. The highest BCUT2D eigenvalue weighted by molar-refractivity contribution is 7.89. The number of pyridine rings is 1. The van der Waals surface area contributed by atoms with E-state index in [-0.39, 0.29) is 36.1 Å². The average molecular weight is 285 g/mol. The summed E-state index contributed by atoms with van der Waals surface area (Å²) in [5, 5.41) is 2.63. The van der Waals surface area contributed by atoms with Gasteiger partial charge < -0.3 is 10.7 Å². The number of hydrogen-bond acceptors (Lipinski definition) is 6. The molecule has 1 fully saturated rings. The fourth-order valence-electron chi connectivity index (χ4n) is 1.83. The Hall–Kier alpha value is -1.71. The van der Waals surface area contributed by atoms with Gasteiger partial charge in [0.05, 0.1) is 0 Å². The topological polar surface area (TPSA) is 117 Å². The van der Waals surface area contributed by atoms with E-state index in [9.17, 15) is 13.2 Å². The highest BCUT2D eigenvalue weighted by Gasteiger charge is 2.29. The Kier molecular flexibility index (Phi) is 3.98. The van der Waals surface area contributed by atoms with Crippen molar-refractivity contribution < 1.29 is 13.2 Å². The van der Waals surface area contributed by atoms with Gasteiger partial charge in [-0.15, -0.1) is 0 Å². The van der Waals surface area contributed by atoms with Crippen molar-refractivity contribution in [2.75, 3.05) is 25.1 Å². The van der Waals surface area contributed by atoms with Crippen LogP contribution in [0.5, 0.6) is 0 Å². The molecule has 4 N–H and O–H groups in total. The molecule has 0 aromatic carbocycles. The van der Waals surface area contributed by atoms with Crippen molar-refractivity contribution in [2.24, 2.45) is 5.84 Å². The minimum absolute atomic E-state index is 0.00634. The number of nitrogens with one attached hydrogen (secondary N) is 2. The largest absolute Gasteiger partial charge is 0.355 e. The van der Waals surface area contributed by atoms with Gasteiger partial charge in [0, 0.05) is 32.3 Å². The second kappa shape index (κ2) is 5.51. The summed E-state index contributed by atoms with van der Waals surface area (Å²) in [6.07, 6.45) is 1.59. The van der Waals surface area contributed by atoms with E-state index >= 15 is 0 Å². The van der Waals surface area contributed by atoms with Crippen LogP contribution in [0.15, 0.2) is 23.2 Å². The van der Waals surface area contributed by atoms with Crippen molar-refractivity contribution in [3.05, 3.63) is 18.3 Å². The minimum atomic E-state index is -3.72. The lowest BCUT2D eigenvalue weighted by Gasteiger charge is -2.20. The first kappa shape index (κ1) is 13.7. The molecule has 1 aliphatic rings. The Morgan fingerprint density at radius 2 is 2.21 bits per heavy atom. The summed E-state index contributed by atoms with van der Waals surface area (Å²) in [5.41, 5.74) is 2.27. The fraction of sp³-hybridized carbons (Fsp3) is 0.400. The summed E-state index contributed by atoms with van der Waals surface area (Å²) in [4.78, 5) is 15.1. The van der Waals surface area contributed by atoms with E-state index in [4.69, 9.17) is 5.84 Å². The van der Waals surface area contributed by atoms with Crippen LogP contribution in [-0.4, -0.2) is 43.2 Å². The number of hydrogen-bond donors (Lipinski definition) is 3. The maximum absolute atomic E-state index is 12.5. The molecule has 0 radical (unpaired) electrons. The number of carbonyl (C=O) groups is 1. The van der Waals surface area contributed by atoms with Crippen LogP contribution in [0.2, 0.25) is 0 Å². The molecule has 8 nitrogen and oxygen atoms in total. The van der Waals surface area contributed by atoms with Gasteiger partial charge in [-0.2, -0.15) is 4.31 Å². The van der Waals surface area contributed by atoms with E-state index in [1.54, 1.807) is 0 Å². The van der Waals surface area contributed by atoms with Crippen molar-refractivity contribution in [2.45, 2.75) is 11.3 Å². The molecule has 1 saturated heterocycles.